The van der Waals surface area contributed by atoms with Crippen molar-refractivity contribution in [3.8, 4) is 5.75 Å². The Morgan fingerprint density at radius 3 is 2.60 bits per heavy atom. The minimum absolute atomic E-state index is 0.119. The first-order valence-corrected chi connectivity index (χ1v) is 9.52. The van der Waals surface area contributed by atoms with Gasteiger partial charge in [-0.1, -0.05) is 28.9 Å². The summed E-state index contributed by atoms with van der Waals surface area (Å²) in [6.45, 7) is 2.23. The molecule has 8 heteroatoms. The number of rotatable bonds is 6. The van der Waals surface area contributed by atoms with E-state index in [-0.39, 0.29) is 11.4 Å². The highest BCUT2D eigenvalue weighted by molar-refractivity contribution is 6.48. The first-order chi connectivity index (χ1) is 14.4. The number of aromatic nitrogens is 2. The fraction of sp³-hybridized carbons (Fsp3) is 0.136. The molecule has 0 atom stereocenters. The largest absolute Gasteiger partial charge is 0.497 e. The molecule has 0 saturated carbocycles. The quantitative estimate of drug-likeness (QED) is 0.365. The summed E-state index contributed by atoms with van der Waals surface area (Å²) in [7, 11) is 1.55. The topological polar surface area (TPSA) is 86.4 Å². The van der Waals surface area contributed by atoms with Crippen LogP contribution in [0.1, 0.15) is 21.6 Å². The molecule has 0 spiro atoms. The molecule has 4 aromatic rings. The number of carbonyl (C=O) groups excluding carboxylic acids is 2. The van der Waals surface area contributed by atoms with Gasteiger partial charge in [0, 0.05) is 34.7 Å². The van der Waals surface area contributed by atoms with Gasteiger partial charge in [-0.2, -0.15) is 0 Å². The lowest BCUT2D eigenvalue weighted by molar-refractivity contribution is -0.112. The molecule has 2 aromatic carbocycles. The summed E-state index contributed by atoms with van der Waals surface area (Å²) >= 11 is 5.97. The summed E-state index contributed by atoms with van der Waals surface area (Å²) < 4.78 is 12.2. The number of Topliss-reactive ketones (excluding diaryl/α,β-unsaturated/α-hetero) is 1. The van der Waals surface area contributed by atoms with Crippen molar-refractivity contribution in [2.75, 3.05) is 12.4 Å². The lowest BCUT2D eigenvalue weighted by Gasteiger charge is -2.06. The Bertz CT molecular complexity index is 1240. The zero-order valence-corrected chi connectivity index (χ0v) is 17.1. The molecule has 1 N–H and O–H groups in total. The number of hydrogen-bond acceptors (Lipinski definition) is 5. The van der Waals surface area contributed by atoms with Crippen molar-refractivity contribution >= 4 is 40.1 Å². The first kappa shape index (κ1) is 19.7. The molecule has 152 valence electrons. The fourth-order valence-corrected chi connectivity index (χ4v) is 3.34. The van der Waals surface area contributed by atoms with Crippen molar-refractivity contribution in [2.45, 2.75) is 13.5 Å². The monoisotopic (exact) mass is 423 g/mol. The lowest BCUT2D eigenvalue weighted by Crippen LogP contribution is -2.22. The standard InChI is InChI=1S/C22H18ClN3O4/c1-13-9-20(30-25-13)24-22(28)21(27)18-12-26(11-14-3-5-15(23)6-4-14)19-8-7-16(29-2)10-17(18)19/h3-10,12H,11H2,1-2H3,(H,24,28). The number of amides is 1. The molecule has 0 aliphatic heterocycles. The Balaban J connectivity index is 1.71. The second kappa shape index (κ2) is 8.04. The molecule has 2 aromatic heterocycles. The maximum atomic E-state index is 12.9. The van der Waals surface area contributed by atoms with Gasteiger partial charge in [0.15, 0.2) is 0 Å². The third-order valence-electron chi connectivity index (χ3n) is 4.67. The van der Waals surface area contributed by atoms with Gasteiger partial charge >= 0.3 is 0 Å². The van der Waals surface area contributed by atoms with E-state index in [9.17, 15) is 9.59 Å². The van der Waals surface area contributed by atoms with Crippen LogP contribution >= 0.6 is 11.6 Å². The van der Waals surface area contributed by atoms with Crippen LogP contribution in [0.5, 0.6) is 5.75 Å². The summed E-state index contributed by atoms with van der Waals surface area (Å²) in [5, 5.41) is 7.42. The summed E-state index contributed by atoms with van der Waals surface area (Å²) in [5.41, 5.74) is 2.68. The zero-order chi connectivity index (χ0) is 21.3. The molecular formula is C22H18ClN3O4. The fourth-order valence-electron chi connectivity index (χ4n) is 3.21. The Kier molecular flexibility index (Phi) is 5.29. The predicted octanol–water partition coefficient (Wildman–Crippen LogP) is 4.47. The third kappa shape index (κ3) is 3.92. The van der Waals surface area contributed by atoms with Gasteiger partial charge in [0.2, 0.25) is 5.88 Å². The van der Waals surface area contributed by atoms with Crippen molar-refractivity contribution in [1.82, 2.24) is 9.72 Å². The first-order valence-electron chi connectivity index (χ1n) is 9.15. The molecule has 1 amide bonds. The van der Waals surface area contributed by atoms with Crippen LogP contribution in [-0.4, -0.2) is 28.5 Å². The maximum absolute atomic E-state index is 12.9. The van der Waals surface area contributed by atoms with Gasteiger partial charge in [0.1, 0.15) is 5.75 Å². The van der Waals surface area contributed by atoms with Gasteiger partial charge in [-0.15, -0.1) is 0 Å². The highest BCUT2D eigenvalue weighted by Gasteiger charge is 2.23. The van der Waals surface area contributed by atoms with Crippen molar-refractivity contribution < 1.29 is 18.8 Å². The Morgan fingerprint density at radius 2 is 1.93 bits per heavy atom. The molecule has 2 heterocycles. The van der Waals surface area contributed by atoms with Crippen LogP contribution in [0.15, 0.2) is 59.3 Å². The van der Waals surface area contributed by atoms with E-state index in [0.717, 1.165) is 11.1 Å². The van der Waals surface area contributed by atoms with Crippen LogP contribution in [0.3, 0.4) is 0 Å². The normalized spacial score (nSPS) is 10.9. The Hall–Kier alpha value is -3.58. The van der Waals surface area contributed by atoms with Crippen molar-refractivity contribution in [1.29, 1.82) is 0 Å². The number of nitrogens with one attached hydrogen (secondary N) is 1. The van der Waals surface area contributed by atoms with E-state index in [4.69, 9.17) is 20.9 Å². The molecule has 0 aliphatic rings. The van der Waals surface area contributed by atoms with Crippen molar-refractivity contribution in [2.24, 2.45) is 0 Å². The zero-order valence-electron chi connectivity index (χ0n) is 16.3. The number of anilines is 1. The predicted molar refractivity (Wildman–Crippen MR) is 113 cm³/mol. The highest BCUT2D eigenvalue weighted by Crippen LogP contribution is 2.28. The van der Waals surface area contributed by atoms with Crippen molar-refractivity contribution in [3.05, 3.63) is 76.6 Å². The van der Waals surface area contributed by atoms with Crippen LogP contribution in [0.4, 0.5) is 5.88 Å². The molecule has 4 rings (SSSR count). The molecule has 0 bridgehead atoms. The van der Waals surface area contributed by atoms with Crippen LogP contribution < -0.4 is 10.1 Å². The molecule has 7 nitrogen and oxygen atoms in total. The molecular weight excluding hydrogens is 406 g/mol. The molecule has 0 aliphatic carbocycles. The lowest BCUT2D eigenvalue weighted by atomic mass is 10.1. The number of ketones is 1. The van der Waals surface area contributed by atoms with Crippen LogP contribution in [0, 0.1) is 6.92 Å². The number of fused-ring (bicyclic) bond motifs is 1. The van der Waals surface area contributed by atoms with Crippen LogP contribution in [-0.2, 0) is 11.3 Å². The number of methoxy groups -OCH3 is 1. The Morgan fingerprint density at radius 1 is 1.17 bits per heavy atom. The van der Waals surface area contributed by atoms with E-state index in [1.165, 1.54) is 6.07 Å². The number of halogens is 1. The Labute approximate surface area is 177 Å². The minimum Gasteiger partial charge on any atom is -0.497 e. The second-order valence-electron chi connectivity index (χ2n) is 6.80. The number of aryl methyl sites for hydroxylation is 1. The molecule has 0 unspecified atom stereocenters. The van der Waals surface area contributed by atoms with Gasteiger partial charge in [-0.05, 0) is 42.8 Å². The van der Waals surface area contributed by atoms with E-state index in [1.807, 2.05) is 41.0 Å². The van der Waals surface area contributed by atoms with E-state index < -0.39 is 11.7 Å². The molecule has 0 saturated heterocycles. The van der Waals surface area contributed by atoms with E-state index in [1.54, 1.807) is 26.3 Å². The number of benzene rings is 2. The summed E-state index contributed by atoms with van der Waals surface area (Å²) in [4.78, 5) is 25.5. The number of ether oxygens (including phenoxy) is 1. The molecule has 0 fully saturated rings. The van der Waals surface area contributed by atoms with E-state index in [0.29, 0.717) is 28.4 Å². The summed E-state index contributed by atoms with van der Waals surface area (Å²) in [6, 6.07) is 14.4. The number of nitrogens with zero attached hydrogens (tertiary/aromatic N) is 2. The SMILES string of the molecule is COc1ccc2c(c1)c(C(=O)C(=O)Nc1cc(C)no1)cn2Cc1ccc(Cl)cc1. The number of hydrogen-bond donors (Lipinski definition) is 1. The van der Waals surface area contributed by atoms with Crippen molar-refractivity contribution in [3.63, 3.8) is 0 Å². The van der Waals surface area contributed by atoms with Gasteiger partial charge in [-0.25, -0.2) is 0 Å². The average molecular weight is 424 g/mol. The summed E-state index contributed by atoms with van der Waals surface area (Å²) in [5.74, 6) is -0.780. The minimum atomic E-state index is -0.806. The molecule has 30 heavy (non-hydrogen) atoms. The van der Waals surface area contributed by atoms with Gasteiger partial charge in [0.05, 0.1) is 18.4 Å². The van der Waals surface area contributed by atoms with E-state index >= 15 is 0 Å². The smallest absolute Gasteiger partial charge is 0.299 e. The van der Waals surface area contributed by atoms with Crippen LogP contribution in [0.2, 0.25) is 5.02 Å². The second-order valence-corrected chi connectivity index (χ2v) is 7.23. The van der Waals surface area contributed by atoms with Gasteiger partial charge in [0.25, 0.3) is 11.7 Å². The molecule has 0 radical (unpaired) electrons. The average Bonchev–Trinajstić information content (AvgIpc) is 3.31. The van der Waals surface area contributed by atoms with Gasteiger partial charge in [-0.3, -0.25) is 14.9 Å². The maximum Gasteiger partial charge on any atom is 0.299 e. The van der Waals surface area contributed by atoms with E-state index in [2.05, 4.69) is 10.5 Å². The van der Waals surface area contributed by atoms with Crippen LogP contribution in [0.25, 0.3) is 10.9 Å². The third-order valence-corrected chi connectivity index (χ3v) is 4.92. The number of carbonyl (C=O) groups is 2. The highest BCUT2D eigenvalue weighted by atomic mass is 35.5. The van der Waals surface area contributed by atoms with Gasteiger partial charge < -0.3 is 13.8 Å². The summed E-state index contributed by atoms with van der Waals surface area (Å²) in [6.07, 6.45) is 1.67.